The lowest BCUT2D eigenvalue weighted by atomic mass is 9.93. The van der Waals surface area contributed by atoms with Crippen LogP contribution in [0.1, 0.15) is 68.8 Å². The highest BCUT2D eigenvalue weighted by Crippen LogP contribution is 2.41. The van der Waals surface area contributed by atoms with Gasteiger partial charge in [0.1, 0.15) is 12.4 Å². The van der Waals surface area contributed by atoms with Crippen molar-refractivity contribution in [2.75, 3.05) is 23.3 Å². The minimum atomic E-state index is -0.381. The molecule has 9 nitrogen and oxygen atoms in total. The molecule has 5 rings (SSSR count). The van der Waals surface area contributed by atoms with Crippen LogP contribution in [-0.4, -0.2) is 52.0 Å². The zero-order valence-corrected chi connectivity index (χ0v) is 21.8. The van der Waals surface area contributed by atoms with Gasteiger partial charge < -0.3 is 15.4 Å². The van der Waals surface area contributed by atoms with Crippen molar-refractivity contribution in [2.24, 2.45) is 5.92 Å². The van der Waals surface area contributed by atoms with Crippen LogP contribution in [0.25, 0.3) is 0 Å². The number of carbonyl (C=O) groups is 2. The van der Waals surface area contributed by atoms with Crippen LogP contribution >= 0.6 is 0 Å². The van der Waals surface area contributed by atoms with Crippen LogP contribution in [-0.2, 0) is 16.1 Å². The van der Waals surface area contributed by atoms with Gasteiger partial charge in [-0.25, -0.2) is 9.78 Å². The molecular weight excluding hydrogens is 468 g/mol. The molecule has 2 amide bonds. The number of likely N-dealkylation sites (tertiary alicyclic amines) is 1. The summed E-state index contributed by atoms with van der Waals surface area (Å²) in [5, 5.41) is 6.39. The molecule has 196 valence electrons. The molecule has 1 saturated carbocycles. The van der Waals surface area contributed by atoms with E-state index in [1.807, 2.05) is 13.8 Å². The predicted octanol–water partition coefficient (Wildman–Crippen LogP) is 4.34. The fraction of sp³-hybridized carbons (Fsp3) is 0.500. The summed E-state index contributed by atoms with van der Waals surface area (Å²) in [6, 6.07) is 9.26. The monoisotopic (exact) mass is 504 g/mol. The summed E-state index contributed by atoms with van der Waals surface area (Å²) in [4.78, 5) is 37.0. The number of nitrogens with zero attached hydrogens (tertiary/aromatic N) is 4. The molecule has 2 aromatic rings. The molecule has 0 radical (unpaired) electrons. The molecule has 1 aromatic heterocycles. The van der Waals surface area contributed by atoms with Gasteiger partial charge in [0.05, 0.1) is 17.6 Å². The number of aromatic nitrogens is 2. The van der Waals surface area contributed by atoms with E-state index in [0.717, 1.165) is 36.6 Å². The second-order valence-electron chi connectivity index (χ2n) is 10.7. The number of rotatable bonds is 10. The highest BCUT2D eigenvalue weighted by Gasteiger charge is 2.37. The summed E-state index contributed by atoms with van der Waals surface area (Å²) in [6.07, 6.45) is 6.46. The summed E-state index contributed by atoms with van der Waals surface area (Å²) >= 11 is 0. The van der Waals surface area contributed by atoms with Crippen molar-refractivity contribution in [3.8, 4) is 0 Å². The minimum Gasteiger partial charge on any atom is -0.444 e. The Morgan fingerprint density at radius 1 is 1.19 bits per heavy atom. The summed E-state index contributed by atoms with van der Waals surface area (Å²) in [7, 11) is 0. The van der Waals surface area contributed by atoms with E-state index in [9.17, 15) is 9.59 Å². The molecule has 2 N–H and O–H groups in total. The van der Waals surface area contributed by atoms with Gasteiger partial charge in [0.25, 0.3) is 0 Å². The summed E-state index contributed by atoms with van der Waals surface area (Å²) in [5.41, 5.74) is 3.25. The smallest absolute Gasteiger partial charge is 0.416 e. The molecule has 2 aliphatic heterocycles. The first-order chi connectivity index (χ1) is 17.8. The molecule has 37 heavy (non-hydrogen) atoms. The van der Waals surface area contributed by atoms with Gasteiger partial charge in [-0.05, 0) is 50.3 Å². The number of hydrogen-bond acceptors (Lipinski definition) is 7. The Hall–Kier alpha value is -3.46. The van der Waals surface area contributed by atoms with Gasteiger partial charge in [-0.1, -0.05) is 43.7 Å². The summed E-state index contributed by atoms with van der Waals surface area (Å²) < 4.78 is 5.24. The molecule has 1 aromatic carbocycles. The molecule has 2 fully saturated rings. The highest BCUT2D eigenvalue weighted by molar-refractivity contribution is 5.89. The van der Waals surface area contributed by atoms with E-state index in [4.69, 9.17) is 4.74 Å². The Kier molecular flexibility index (Phi) is 7.15. The number of amides is 2. The van der Waals surface area contributed by atoms with Crippen LogP contribution < -0.4 is 15.5 Å². The number of cyclic esters (lactones) is 1. The quantitative estimate of drug-likeness (QED) is 0.464. The molecular formula is C28H36N6O3. The predicted molar refractivity (Wildman–Crippen MR) is 142 cm³/mol. The number of hydrogen-bond donors (Lipinski definition) is 2. The van der Waals surface area contributed by atoms with Crippen LogP contribution in [0.5, 0.6) is 0 Å². The maximum absolute atomic E-state index is 12.3. The molecule has 3 aliphatic rings. The molecule has 0 bridgehead atoms. The topological polar surface area (TPSA) is 99.7 Å². The lowest BCUT2D eigenvalue weighted by Crippen LogP contribution is -2.59. The third-order valence-corrected chi connectivity index (χ3v) is 7.44. The van der Waals surface area contributed by atoms with Crippen molar-refractivity contribution >= 4 is 23.8 Å². The van der Waals surface area contributed by atoms with Crippen molar-refractivity contribution in [3.05, 3.63) is 59.8 Å². The first-order valence-corrected chi connectivity index (χ1v) is 13.2. The van der Waals surface area contributed by atoms with E-state index in [1.54, 1.807) is 11.1 Å². The number of ether oxygens (including phenoxy) is 1. The number of benzene rings is 1. The lowest BCUT2D eigenvalue weighted by Gasteiger charge is -2.45. The first kappa shape index (κ1) is 25.2. The molecule has 1 unspecified atom stereocenters. The normalized spacial score (nSPS) is 19.5. The zero-order valence-electron chi connectivity index (χ0n) is 21.8. The summed E-state index contributed by atoms with van der Waals surface area (Å²) in [5.74, 6) is 1.78. The lowest BCUT2D eigenvalue weighted by molar-refractivity contribution is -0.118. The number of carbonyl (C=O) groups excluding carboxylic acids is 2. The molecule has 3 heterocycles. The van der Waals surface area contributed by atoms with Crippen LogP contribution in [0.2, 0.25) is 0 Å². The standard InChI is InChI=1S/C28H36N6O3/c1-5-25(35)31-23-14-33(15-23)24(12-19-6-7-19)21-10-8-20(9-11-21)18(4)30-27-29-13-22-16-37-28(36)34(17(2)3)26(22)32-27/h5,8-11,13,17-19,23-24H,1,6-7,12,14-16H2,2-4H3,(H,31,35)(H,29,30,32)/t18-,24?/m0/s1. The second-order valence-corrected chi connectivity index (χ2v) is 10.7. The van der Waals surface area contributed by atoms with E-state index in [1.165, 1.54) is 24.5 Å². The Labute approximate surface area is 218 Å². The Bertz CT molecular complexity index is 1160. The average molecular weight is 505 g/mol. The highest BCUT2D eigenvalue weighted by atomic mass is 16.6. The Balaban J connectivity index is 1.25. The molecule has 1 aliphatic carbocycles. The van der Waals surface area contributed by atoms with E-state index >= 15 is 0 Å². The number of nitrogens with one attached hydrogen (secondary N) is 2. The molecule has 2 atom stereocenters. The summed E-state index contributed by atoms with van der Waals surface area (Å²) in [6.45, 7) is 11.4. The van der Waals surface area contributed by atoms with Crippen LogP contribution in [0.4, 0.5) is 16.6 Å². The van der Waals surface area contributed by atoms with Crippen molar-refractivity contribution < 1.29 is 14.3 Å². The van der Waals surface area contributed by atoms with E-state index in [-0.39, 0.29) is 36.7 Å². The van der Waals surface area contributed by atoms with Gasteiger partial charge in [-0.2, -0.15) is 4.98 Å². The molecule has 1 saturated heterocycles. The van der Waals surface area contributed by atoms with Gasteiger partial charge in [0.2, 0.25) is 11.9 Å². The van der Waals surface area contributed by atoms with Crippen molar-refractivity contribution in [1.29, 1.82) is 0 Å². The van der Waals surface area contributed by atoms with Gasteiger partial charge in [0, 0.05) is 31.4 Å². The second kappa shape index (κ2) is 10.5. The maximum Gasteiger partial charge on any atom is 0.416 e. The van der Waals surface area contributed by atoms with Crippen LogP contribution in [0.15, 0.2) is 43.1 Å². The van der Waals surface area contributed by atoms with Crippen molar-refractivity contribution in [1.82, 2.24) is 20.2 Å². The molecule has 0 spiro atoms. The Morgan fingerprint density at radius 2 is 1.89 bits per heavy atom. The van der Waals surface area contributed by atoms with Gasteiger partial charge >= 0.3 is 6.09 Å². The van der Waals surface area contributed by atoms with E-state index in [0.29, 0.717) is 17.8 Å². The average Bonchev–Trinajstić information content (AvgIpc) is 3.68. The fourth-order valence-electron chi connectivity index (χ4n) is 5.10. The van der Waals surface area contributed by atoms with E-state index in [2.05, 4.69) is 63.3 Å². The van der Waals surface area contributed by atoms with Gasteiger partial charge in [-0.15, -0.1) is 0 Å². The SMILES string of the molecule is C=CC(=O)NC1CN(C(CC2CC2)c2ccc([C@H](C)Nc3ncc4c(n3)N(C(C)C)C(=O)OC4)cc2)C1. The first-order valence-electron chi connectivity index (χ1n) is 13.2. The third-order valence-electron chi connectivity index (χ3n) is 7.44. The Morgan fingerprint density at radius 3 is 2.54 bits per heavy atom. The van der Waals surface area contributed by atoms with Crippen molar-refractivity contribution in [2.45, 2.75) is 70.8 Å². The minimum absolute atomic E-state index is 0.0143. The van der Waals surface area contributed by atoms with Crippen molar-refractivity contribution in [3.63, 3.8) is 0 Å². The van der Waals surface area contributed by atoms with Gasteiger partial charge in [-0.3, -0.25) is 14.6 Å². The zero-order chi connectivity index (χ0) is 26.1. The molecule has 9 heteroatoms. The van der Waals surface area contributed by atoms with E-state index < -0.39 is 0 Å². The third kappa shape index (κ3) is 5.61. The largest absolute Gasteiger partial charge is 0.444 e. The van der Waals surface area contributed by atoms with Crippen LogP contribution in [0.3, 0.4) is 0 Å². The van der Waals surface area contributed by atoms with Crippen LogP contribution in [0, 0.1) is 5.92 Å². The van der Waals surface area contributed by atoms with Gasteiger partial charge in [0.15, 0.2) is 0 Å². The number of fused-ring (bicyclic) bond motifs is 1. The number of anilines is 2. The fourth-order valence-corrected chi connectivity index (χ4v) is 5.10. The maximum atomic E-state index is 12.3.